The zero-order valence-electron chi connectivity index (χ0n) is 37.6. The van der Waals surface area contributed by atoms with E-state index in [0.717, 1.165) is 37.4 Å². The highest BCUT2D eigenvalue weighted by atomic mass is 16.5. The van der Waals surface area contributed by atoms with Crippen molar-refractivity contribution in [1.82, 2.24) is 48.5 Å². The second kappa shape index (κ2) is 19.9. The quantitative estimate of drug-likeness (QED) is 0.0619. The second-order valence-corrected chi connectivity index (χ2v) is 16.0. The molecular weight excluding hydrogens is 847 g/mol. The molecule has 0 spiro atoms. The van der Waals surface area contributed by atoms with Crippen molar-refractivity contribution >= 4 is 56.6 Å². The number of nitrogens with zero attached hydrogens (tertiary/aromatic N) is 10. The zero-order valence-corrected chi connectivity index (χ0v) is 37.6. The van der Waals surface area contributed by atoms with Gasteiger partial charge in [-0.15, -0.1) is 0 Å². The van der Waals surface area contributed by atoms with Gasteiger partial charge in [0.1, 0.15) is 34.1 Å². The van der Waals surface area contributed by atoms with Crippen LogP contribution >= 0.6 is 0 Å². The van der Waals surface area contributed by atoms with Crippen LogP contribution < -0.4 is 26.3 Å². The maximum absolute atomic E-state index is 13.8. The SMILES string of the molecule is CCn1nc(C)cc1C(=O)Nc1nc2cc(C(N)=O)cc(OCCCO)c2n1CC=CCn1c2nc(-c3cc(C)nn3CC)ncc2c2cc(C(N)=O)cc(OCCCN3CCOCC3)c21. The third-order valence-corrected chi connectivity index (χ3v) is 11.4. The van der Waals surface area contributed by atoms with E-state index in [1.165, 1.54) is 6.07 Å². The summed E-state index contributed by atoms with van der Waals surface area (Å²) in [5.41, 5.74) is 16.9. The lowest BCUT2D eigenvalue weighted by molar-refractivity contribution is 0.0358. The number of anilines is 1. The van der Waals surface area contributed by atoms with Crippen molar-refractivity contribution in [2.45, 2.75) is 66.7 Å². The van der Waals surface area contributed by atoms with Gasteiger partial charge in [0.25, 0.3) is 5.91 Å². The average Bonchev–Trinajstić information content (AvgIpc) is 4.07. The first kappa shape index (κ1) is 45.4. The molecule has 0 saturated carbocycles. The van der Waals surface area contributed by atoms with Crippen molar-refractivity contribution in [2.24, 2.45) is 11.5 Å². The minimum atomic E-state index is -0.679. The molecule has 0 bridgehead atoms. The number of fused-ring (bicyclic) bond motifs is 4. The number of aliphatic hydroxyl groups is 1. The molecule has 6 N–H and O–H groups in total. The Kier molecular flexibility index (Phi) is 13.7. The Hall–Kier alpha value is -7.16. The van der Waals surface area contributed by atoms with Gasteiger partial charge in [0, 0.05) is 86.9 Å². The largest absolute Gasteiger partial charge is 0.491 e. The molecule has 0 radical (unpaired) electrons. The lowest BCUT2D eigenvalue weighted by Crippen LogP contribution is -2.37. The van der Waals surface area contributed by atoms with Gasteiger partial charge in [-0.2, -0.15) is 10.2 Å². The van der Waals surface area contributed by atoms with Crippen LogP contribution in [-0.4, -0.2) is 124 Å². The minimum Gasteiger partial charge on any atom is -0.491 e. The molecule has 5 aromatic heterocycles. The molecule has 0 unspecified atom stereocenters. The van der Waals surface area contributed by atoms with Gasteiger partial charge in [0.05, 0.1) is 48.8 Å². The summed E-state index contributed by atoms with van der Waals surface area (Å²) < 4.78 is 25.4. The van der Waals surface area contributed by atoms with E-state index in [-0.39, 0.29) is 37.8 Å². The zero-order chi connectivity index (χ0) is 46.5. The highest BCUT2D eigenvalue weighted by molar-refractivity contribution is 6.12. The first-order chi connectivity index (χ1) is 32.0. The molecule has 20 heteroatoms. The molecule has 1 aliphatic rings. The number of hydrogen-bond acceptors (Lipinski definition) is 13. The lowest BCUT2D eigenvalue weighted by Gasteiger charge is -2.26. The van der Waals surface area contributed by atoms with E-state index in [2.05, 4.69) is 20.4 Å². The van der Waals surface area contributed by atoms with Crippen LogP contribution in [-0.2, 0) is 30.9 Å². The molecule has 2 aromatic carbocycles. The average molecular weight is 902 g/mol. The van der Waals surface area contributed by atoms with E-state index < -0.39 is 17.7 Å². The van der Waals surface area contributed by atoms with Gasteiger partial charge in [-0.25, -0.2) is 15.0 Å². The molecule has 8 rings (SSSR count). The Morgan fingerprint density at radius 1 is 0.803 bits per heavy atom. The number of aromatic nitrogens is 9. The predicted octanol–water partition coefficient (Wildman–Crippen LogP) is 4.22. The Bertz CT molecular complexity index is 2960. The predicted molar refractivity (Wildman–Crippen MR) is 248 cm³/mol. The number of primary amides is 2. The van der Waals surface area contributed by atoms with Crippen LogP contribution in [0.3, 0.4) is 0 Å². The number of rotatable bonds is 20. The second-order valence-electron chi connectivity index (χ2n) is 16.0. The number of ether oxygens (including phenoxy) is 3. The summed E-state index contributed by atoms with van der Waals surface area (Å²) in [7, 11) is 0. The van der Waals surface area contributed by atoms with Crippen LogP contribution in [0.2, 0.25) is 0 Å². The molecule has 66 heavy (non-hydrogen) atoms. The summed E-state index contributed by atoms with van der Waals surface area (Å²) in [5.74, 6) is -0.241. The van der Waals surface area contributed by atoms with Crippen LogP contribution in [0, 0.1) is 13.8 Å². The number of nitrogens with one attached hydrogen (secondary N) is 1. The number of imidazole rings is 1. The van der Waals surface area contributed by atoms with Gasteiger partial charge in [-0.1, -0.05) is 12.2 Å². The fourth-order valence-electron chi connectivity index (χ4n) is 8.28. The molecule has 1 aliphatic heterocycles. The normalized spacial score (nSPS) is 13.4. The highest BCUT2D eigenvalue weighted by Crippen LogP contribution is 2.37. The van der Waals surface area contributed by atoms with Gasteiger partial charge in [-0.3, -0.25) is 34.0 Å². The summed E-state index contributed by atoms with van der Waals surface area (Å²) in [6.07, 6.45) is 6.73. The van der Waals surface area contributed by atoms with Gasteiger partial charge >= 0.3 is 0 Å². The molecule has 6 heterocycles. The maximum Gasteiger partial charge on any atom is 0.276 e. The summed E-state index contributed by atoms with van der Waals surface area (Å²) in [5, 5.41) is 23.0. The molecule has 346 valence electrons. The van der Waals surface area contributed by atoms with Crippen molar-refractivity contribution in [3.63, 3.8) is 0 Å². The molecular formula is C46H55N13O7. The topological polar surface area (TPSA) is 251 Å². The van der Waals surface area contributed by atoms with Gasteiger partial charge in [0.15, 0.2) is 5.82 Å². The fraction of sp³-hybridized carbons (Fsp3) is 0.391. The van der Waals surface area contributed by atoms with Gasteiger partial charge < -0.3 is 39.9 Å². The standard InChI is InChI=1S/C46H55N13O7/c1-5-58-35(21-28(3)53-58)43-49-27-33-32-23-30(41(47)61)25-37(65-17-9-11-55-14-19-64-20-15-55)39(32)56(44(33)51-43)12-7-8-13-57-40-34(24-31(42(48)62)26-38(40)66-18-10-16-60)50-46(57)52-45(63)36-22-29(4)54-59(36)6-2/h7-8,21-27,60H,5-6,9-20H2,1-4H3,(H2,47,61)(H2,48,62)(H,50,52,63). The Morgan fingerprint density at radius 2 is 1.45 bits per heavy atom. The number of amides is 3. The number of benzene rings is 2. The third kappa shape index (κ3) is 9.46. The number of morpholine rings is 1. The number of aliphatic hydroxyl groups excluding tert-OH is 1. The van der Waals surface area contributed by atoms with E-state index in [4.69, 9.17) is 40.6 Å². The van der Waals surface area contributed by atoms with E-state index in [9.17, 15) is 19.5 Å². The van der Waals surface area contributed by atoms with Crippen LogP contribution in [0.15, 0.2) is 54.7 Å². The number of hydrogen-bond donors (Lipinski definition) is 4. The third-order valence-electron chi connectivity index (χ3n) is 11.4. The van der Waals surface area contributed by atoms with E-state index in [1.807, 2.05) is 55.2 Å². The fourth-order valence-corrected chi connectivity index (χ4v) is 8.28. The molecule has 1 fully saturated rings. The number of aryl methyl sites for hydroxylation is 4. The van der Waals surface area contributed by atoms with Gasteiger partial charge in [0.2, 0.25) is 17.8 Å². The smallest absolute Gasteiger partial charge is 0.276 e. The van der Waals surface area contributed by atoms with Crippen molar-refractivity contribution in [3.05, 3.63) is 83.0 Å². The van der Waals surface area contributed by atoms with Crippen LogP contribution in [0.4, 0.5) is 5.95 Å². The lowest BCUT2D eigenvalue weighted by atomic mass is 10.1. The molecule has 20 nitrogen and oxygen atoms in total. The summed E-state index contributed by atoms with van der Waals surface area (Å²) in [6, 6.07) is 10.2. The molecule has 0 atom stereocenters. The van der Waals surface area contributed by atoms with Crippen molar-refractivity contribution in [2.75, 3.05) is 58.0 Å². The van der Waals surface area contributed by atoms with Gasteiger partial charge in [-0.05, 0) is 70.5 Å². The van der Waals surface area contributed by atoms with Crippen molar-refractivity contribution < 1.29 is 33.7 Å². The Labute approximate surface area is 380 Å². The number of allylic oxidation sites excluding steroid dienone is 2. The first-order valence-electron chi connectivity index (χ1n) is 22.2. The summed E-state index contributed by atoms with van der Waals surface area (Å²) in [4.78, 5) is 56.1. The summed E-state index contributed by atoms with van der Waals surface area (Å²) >= 11 is 0. The Morgan fingerprint density at radius 3 is 2.15 bits per heavy atom. The molecule has 0 aliphatic carbocycles. The van der Waals surface area contributed by atoms with E-state index >= 15 is 0 Å². The number of nitrogens with two attached hydrogens (primary N) is 2. The van der Waals surface area contributed by atoms with E-state index in [1.54, 1.807) is 39.7 Å². The van der Waals surface area contributed by atoms with Crippen molar-refractivity contribution in [1.29, 1.82) is 0 Å². The van der Waals surface area contributed by atoms with Crippen LogP contribution in [0.1, 0.15) is 69.3 Å². The van der Waals surface area contributed by atoms with Crippen molar-refractivity contribution in [3.8, 4) is 23.0 Å². The highest BCUT2D eigenvalue weighted by Gasteiger charge is 2.24. The van der Waals surface area contributed by atoms with E-state index in [0.29, 0.717) is 107 Å². The van der Waals surface area contributed by atoms with Crippen LogP contribution in [0.5, 0.6) is 11.5 Å². The van der Waals surface area contributed by atoms with Crippen LogP contribution in [0.25, 0.3) is 44.5 Å². The number of carbonyl (C=O) groups excluding carboxylic acids is 3. The first-order valence-corrected chi connectivity index (χ1v) is 22.2. The number of carbonyl (C=O) groups is 3. The maximum atomic E-state index is 13.8. The minimum absolute atomic E-state index is 0.103. The molecule has 7 aromatic rings. The summed E-state index contributed by atoms with van der Waals surface area (Å²) in [6.45, 7) is 13.6. The monoisotopic (exact) mass is 901 g/mol. The molecule has 1 saturated heterocycles. The Balaban J connectivity index is 1.21. The molecule has 3 amide bonds.